The van der Waals surface area contributed by atoms with Gasteiger partial charge in [-0.25, -0.2) is 0 Å². The van der Waals surface area contributed by atoms with Crippen molar-refractivity contribution in [1.29, 1.82) is 0 Å². The molecule has 1 fully saturated rings. The van der Waals surface area contributed by atoms with Gasteiger partial charge in [-0.05, 0) is 76.4 Å². The molecule has 1 amide bonds. The fourth-order valence-corrected chi connectivity index (χ4v) is 2.62. The lowest BCUT2D eigenvalue weighted by molar-refractivity contribution is -0.116. The van der Waals surface area contributed by atoms with Crippen LogP contribution in [0.2, 0.25) is 0 Å². The number of hydrogen-bond acceptors (Lipinski definition) is 3. The van der Waals surface area contributed by atoms with Crippen LogP contribution in [0.5, 0.6) is 5.75 Å². The number of hydrogen-bond donors (Lipinski definition) is 2. The molecule has 2 rings (SSSR count). The summed E-state index contributed by atoms with van der Waals surface area (Å²) in [6.45, 7) is 6.16. The number of rotatable bonds is 6. The fourth-order valence-electron chi connectivity index (χ4n) is 2.62. The Morgan fingerprint density at radius 1 is 1.38 bits per heavy atom. The highest BCUT2D eigenvalue weighted by molar-refractivity contribution is 5.90. The van der Waals surface area contributed by atoms with E-state index in [0.29, 0.717) is 12.3 Å². The van der Waals surface area contributed by atoms with Crippen LogP contribution in [-0.4, -0.2) is 25.1 Å². The molecule has 0 spiro atoms. The van der Waals surface area contributed by atoms with Crippen LogP contribution < -0.4 is 15.4 Å². The zero-order chi connectivity index (χ0) is 15.1. The first-order valence-corrected chi connectivity index (χ1v) is 7.91. The van der Waals surface area contributed by atoms with Crippen molar-refractivity contribution in [3.8, 4) is 5.75 Å². The minimum absolute atomic E-state index is 0.0955. The maximum Gasteiger partial charge on any atom is 0.224 e. The molecule has 1 aliphatic heterocycles. The summed E-state index contributed by atoms with van der Waals surface area (Å²) in [6.07, 6.45) is 4.18. The topological polar surface area (TPSA) is 50.4 Å². The third-order valence-corrected chi connectivity index (χ3v) is 3.69. The monoisotopic (exact) mass is 290 g/mol. The molecule has 4 heteroatoms. The van der Waals surface area contributed by atoms with Crippen LogP contribution in [0.1, 0.15) is 39.5 Å². The SMILES string of the molecule is CC(C)Oc1ccc(NC(=O)CCC2CCCNC2)cc1. The average Bonchev–Trinajstić information content (AvgIpc) is 2.48. The molecule has 116 valence electrons. The van der Waals surface area contributed by atoms with E-state index in [1.54, 1.807) is 0 Å². The highest BCUT2D eigenvalue weighted by Gasteiger charge is 2.14. The van der Waals surface area contributed by atoms with Gasteiger partial charge in [0.25, 0.3) is 0 Å². The van der Waals surface area contributed by atoms with Gasteiger partial charge in [-0.3, -0.25) is 4.79 Å². The van der Waals surface area contributed by atoms with Crippen LogP contribution in [0.4, 0.5) is 5.69 Å². The van der Waals surface area contributed by atoms with Crippen molar-refractivity contribution in [2.45, 2.75) is 45.6 Å². The molecule has 0 aromatic heterocycles. The summed E-state index contributed by atoms with van der Waals surface area (Å²) >= 11 is 0. The van der Waals surface area contributed by atoms with Gasteiger partial charge in [0.15, 0.2) is 0 Å². The predicted octanol–water partition coefficient (Wildman–Crippen LogP) is 3.19. The first kappa shape index (κ1) is 15.8. The van der Waals surface area contributed by atoms with Crippen molar-refractivity contribution in [3.05, 3.63) is 24.3 Å². The second-order valence-corrected chi connectivity index (χ2v) is 5.99. The summed E-state index contributed by atoms with van der Waals surface area (Å²) in [5, 5.41) is 6.33. The van der Waals surface area contributed by atoms with E-state index in [1.165, 1.54) is 12.8 Å². The molecule has 0 aliphatic carbocycles. The normalized spacial score (nSPS) is 18.5. The molecule has 0 radical (unpaired) electrons. The molecule has 1 saturated heterocycles. The molecule has 0 bridgehead atoms. The summed E-state index contributed by atoms with van der Waals surface area (Å²) in [5.41, 5.74) is 0.831. The van der Waals surface area contributed by atoms with Crippen molar-refractivity contribution < 1.29 is 9.53 Å². The lowest BCUT2D eigenvalue weighted by Gasteiger charge is -2.22. The van der Waals surface area contributed by atoms with Crippen LogP contribution in [0.15, 0.2) is 24.3 Å². The van der Waals surface area contributed by atoms with E-state index in [2.05, 4.69) is 10.6 Å². The van der Waals surface area contributed by atoms with Crippen LogP contribution >= 0.6 is 0 Å². The van der Waals surface area contributed by atoms with Crippen LogP contribution in [0, 0.1) is 5.92 Å². The van der Waals surface area contributed by atoms with Gasteiger partial charge in [-0.2, -0.15) is 0 Å². The van der Waals surface area contributed by atoms with Crippen molar-refractivity contribution in [2.24, 2.45) is 5.92 Å². The molecule has 0 saturated carbocycles. The second-order valence-electron chi connectivity index (χ2n) is 5.99. The van der Waals surface area contributed by atoms with E-state index in [1.807, 2.05) is 38.1 Å². The minimum Gasteiger partial charge on any atom is -0.491 e. The maximum absolute atomic E-state index is 12.0. The lowest BCUT2D eigenvalue weighted by atomic mass is 9.94. The Morgan fingerprint density at radius 2 is 2.14 bits per heavy atom. The molecule has 1 unspecified atom stereocenters. The number of benzene rings is 1. The van der Waals surface area contributed by atoms with E-state index in [0.717, 1.165) is 30.9 Å². The Labute approximate surface area is 127 Å². The Hall–Kier alpha value is -1.55. The molecule has 1 aromatic carbocycles. The molecule has 1 aliphatic rings. The van der Waals surface area contributed by atoms with Crippen molar-refractivity contribution in [2.75, 3.05) is 18.4 Å². The molecule has 21 heavy (non-hydrogen) atoms. The number of ether oxygens (including phenoxy) is 1. The minimum atomic E-state index is 0.0955. The number of anilines is 1. The van der Waals surface area contributed by atoms with Crippen molar-refractivity contribution >= 4 is 11.6 Å². The Morgan fingerprint density at radius 3 is 2.76 bits per heavy atom. The van der Waals surface area contributed by atoms with E-state index < -0.39 is 0 Å². The molecular weight excluding hydrogens is 264 g/mol. The third kappa shape index (κ3) is 5.76. The zero-order valence-corrected chi connectivity index (χ0v) is 13.0. The van der Waals surface area contributed by atoms with Crippen LogP contribution in [0.25, 0.3) is 0 Å². The van der Waals surface area contributed by atoms with Gasteiger partial charge in [0.1, 0.15) is 5.75 Å². The molecule has 4 nitrogen and oxygen atoms in total. The van der Waals surface area contributed by atoms with Gasteiger partial charge in [-0.1, -0.05) is 0 Å². The molecule has 1 heterocycles. The first-order valence-electron chi connectivity index (χ1n) is 7.91. The largest absolute Gasteiger partial charge is 0.491 e. The summed E-state index contributed by atoms with van der Waals surface area (Å²) in [7, 11) is 0. The fraction of sp³-hybridized carbons (Fsp3) is 0.588. The molecule has 1 atom stereocenters. The first-order chi connectivity index (χ1) is 10.1. The van der Waals surface area contributed by atoms with Crippen molar-refractivity contribution in [3.63, 3.8) is 0 Å². The summed E-state index contributed by atoms with van der Waals surface area (Å²) < 4.78 is 5.58. The molecule has 1 aromatic rings. The predicted molar refractivity (Wildman–Crippen MR) is 85.7 cm³/mol. The summed E-state index contributed by atoms with van der Waals surface area (Å²) in [5.74, 6) is 1.57. The van der Waals surface area contributed by atoms with E-state index in [9.17, 15) is 4.79 Å². The van der Waals surface area contributed by atoms with E-state index in [-0.39, 0.29) is 12.0 Å². The van der Waals surface area contributed by atoms with Gasteiger partial charge >= 0.3 is 0 Å². The van der Waals surface area contributed by atoms with E-state index >= 15 is 0 Å². The van der Waals surface area contributed by atoms with Crippen LogP contribution in [-0.2, 0) is 4.79 Å². The Bertz CT molecular complexity index is 437. The number of nitrogens with one attached hydrogen (secondary N) is 2. The lowest BCUT2D eigenvalue weighted by Crippen LogP contribution is -2.30. The highest BCUT2D eigenvalue weighted by atomic mass is 16.5. The number of amides is 1. The second kappa shape index (κ2) is 8.03. The number of piperidine rings is 1. The van der Waals surface area contributed by atoms with Crippen molar-refractivity contribution in [1.82, 2.24) is 5.32 Å². The van der Waals surface area contributed by atoms with Crippen LogP contribution in [0.3, 0.4) is 0 Å². The summed E-state index contributed by atoms with van der Waals surface area (Å²) in [4.78, 5) is 12.0. The molecular formula is C17H26N2O2. The molecule has 2 N–H and O–H groups in total. The number of carbonyl (C=O) groups excluding carboxylic acids is 1. The van der Waals surface area contributed by atoms with Gasteiger partial charge in [-0.15, -0.1) is 0 Å². The Kier molecular flexibility index (Phi) is 6.05. The Balaban J connectivity index is 1.74. The highest BCUT2D eigenvalue weighted by Crippen LogP contribution is 2.19. The van der Waals surface area contributed by atoms with Gasteiger partial charge in [0, 0.05) is 12.1 Å². The quantitative estimate of drug-likeness (QED) is 0.846. The maximum atomic E-state index is 12.0. The number of carbonyl (C=O) groups is 1. The van der Waals surface area contributed by atoms with Gasteiger partial charge in [0.2, 0.25) is 5.91 Å². The standard InChI is InChI=1S/C17H26N2O2/c1-13(2)21-16-8-6-15(7-9-16)19-17(20)10-5-14-4-3-11-18-12-14/h6-9,13-14,18H,3-5,10-12H2,1-2H3,(H,19,20). The average molecular weight is 290 g/mol. The third-order valence-electron chi connectivity index (χ3n) is 3.69. The smallest absolute Gasteiger partial charge is 0.224 e. The zero-order valence-electron chi connectivity index (χ0n) is 13.0. The van der Waals surface area contributed by atoms with E-state index in [4.69, 9.17) is 4.74 Å². The van der Waals surface area contributed by atoms with Gasteiger partial charge < -0.3 is 15.4 Å². The van der Waals surface area contributed by atoms with Gasteiger partial charge in [0.05, 0.1) is 6.10 Å². The summed E-state index contributed by atoms with van der Waals surface area (Å²) in [6, 6.07) is 7.55.